The topological polar surface area (TPSA) is 41.3 Å². The van der Waals surface area contributed by atoms with Gasteiger partial charge in [-0.15, -0.1) is 12.4 Å². The highest BCUT2D eigenvalue weighted by atomic mass is 35.5. The third-order valence-corrected chi connectivity index (χ3v) is 3.50. The minimum Gasteiger partial charge on any atom is -0.379 e. The first-order chi connectivity index (χ1) is 7.36. The van der Waals surface area contributed by atoms with Gasteiger partial charge in [-0.25, -0.2) is 5.84 Å². The van der Waals surface area contributed by atoms with Crippen molar-refractivity contribution in [2.75, 3.05) is 16.9 Å². The van der Waals surface area contributed by atoms with Gasteiger partial charge >= 0.3 is 0 Å². The van der Waals surface area contributed by atoms with Crippen molar-refractivity contribution in [3.8, 4) is 0 Å². The molecular weight excluding hydrogens is 242 g/mol. The van der Waals surface area contributed by atoms with Crippen LogP contribution in [0.4, 0.5) is 11.4 Å². The van der Waals surface area contributed by atoms with E-state index in [2.05, 4.69) is 22.2 Å². The van der Waals surface area contributed by atoms with Crippen LogP contribution in [0.15, 0.2) is 46.4 Å². The van der Waals surface area contributed by atoms with Gasteiger partial charge in [0.1, 0.15) is 0 Å². The first kappa shape index (κ1) is 11.4. The molecule has 2 heterocycles. The minimum atomic E-state index is 0. The first-order valence-electron chi connectivity index (χ1n) is 4.83. The first-order valence-corrected chi connectivity index (χ1v) is 5.87. The molecule has 0 unspecified atom stereocenters. The molecule has 1 aromatic rings. The zero-order valence-electron chi connectivity index (χ0n) is 8.55. The minimum absolute atomic E-state index is 0. The molecule has 0 saturated heterocycles. The van der Waals surface area contributed by atoms with Gasteiger partial charge in [0, 0.05) is 12.1 Å². The molecule has 5 heteroatoms. The van der Waals surface area contributed by atoms with Crippen LogP contribution in [-0.4, -0.2) is 6.54 Å². The highest BCUT2D eigenvalue weighted by Crippen LogP contribution is 2.36. The number of nitrogens with two attached hydrogens (primary N) is 1. The third-order valence-electron chi connectivity index (χ3n) is 2.65. The smallest absolute Gasteiger partial charge is 0.0807 e. The lowest BCUT2D eigenvalue weighted by Gasteiger charge is -2.19. The van der Waals surface area contributed by atoms with Crippen molar-refractivity contribution in [2.24, 2.45) is 5.84 Å². The molecule has 0 fully saturated rings. The summed E-state index contributed by atoms with van der Waals surface area (Å²) in [5, 5.41) is 9.48. The van der Waals surface area contributed by atoms with E-state index in [1.54, 1.807) is 5.01 Å². The van der Waals surface area contributed by atoms with Gasteiger partial charge in [0.2, 0.25) is 0 Å². The summed E-state index contributed by atoms with van der Waals surface area (Å²) >= 11 is 1.22. The molecular formula is C11H13ClN3S. The summed E-state index contributed by atoms with van der Waals surface area (Å²) in [6.45, 7) is 0.851. The maximum atomic E-state index is 6.11. The van der Waals surface area contributed by atoms with Crippen molar-refractivity contribution in [3.05, 3.63) is 46.4 Å². The molecule has 0 spiro atoms. The second kappa shape index (κ2) is 4.41. The lowest BCUT2D eigenvalue weighted by atomic mass is 10.2. The van der Waals surface area contributed by atoms with Crippen LogP contribution >= 0.6 is 24.2 Å². The standard InChI is InChI=1S/C11H12N3S.ClH/c12-14-10-4-2-1-3-9(10)13-5-8-6-15-7-11(8)14;/h1-4,6-7,13,15H,5,12H2;1H. The van der Waals surface area contributed by atoms with Crippen LogP contribution in [0.25, 0.3) is 0 Å². The maximum absolute atomic E-state index is 6.11. The number of rotatable bonds is 0. The summed E-state index contributed by atoms with van der Waals surface area (Å²) in [7, 11) is 0. The van der Waals surface area contributed by atoms with Gasteiger partial charge in [-0.2, -0.15) is 11.8 Å². The highest BCUT2D eigenvalue weighted by molar-refractivity contribution is 8.05. The molecule has 0 saturated carbocycles. The fraction of sp³-hybridized carbons (Fsp3) is 0.0909. The SMILES string of the molecule is Cl.NN1C2=C[SH]C=C2CNc2ccccc21. The number of fused-ring (bicyclic) bond motifs is 2. The summed E-state index contributed by atoms with van der Waals surface area (Å²) in [6, 6.07) is 8.10. The van der Waals surface area contributed by atoms with Crippen LogP contribution in [0.1, 0.15) is 0 Å². The van der Waals surface area contributed by atoms with E-state index in [1.807, 2.05) is 18.2 Å². The number of nitrogens with zero attached hydrogens (tertiary/aromatic N) is 1. The van der Waals surface area contributed by atoms with Crippen LogP contribution < -0.4 is 16.2 Å². The monoisotopic (exact) mass is 254 g/mol. The van der Waals surface area contributed by atoms with Crippen LogP contribution in [0.5, 0.6) is 0 Å². The molecule has 3 N–H and O–H groups in total. The Hall–Kier alpha value is -1.10. The van der Waals surface area contributed by atoms with Crippen molar-refractivity contribution >= 4 is 35.5 Å². The van der Waals surface area contributed by atoms with Gasteiger partial charge in [0.25, 0.3) is 0 Å². The number of nitrogens with one attached hydrogen (secondary N) is 1. The second-order valence-corrected chi connectivity index (χ2v) is 4.37. The lowest BCUT2D eigenvalue weighted by Crippen LogP contribution is -2.29. The van der Waals surface area contributed by atoms with Crippen molar-refractivity contribution in [1.82, 2.24) is 0 Å². The normalized spacial score (nSPS) is 17.2. The van der Waals surface area contributed by atoms with Gasteiger partial charge in [-0.1, -0.05) is 12.1 Å². The Bertz CT molecular complexity index is 470. The fourth-order valence-electron chi connectivity index (χ4n) is 1.85. The third kappa shape index (κ3) is 1.69. The summed E-state index contributed by atoms with van der Waals surface area (Å²) in [5.74, 6) is 6.11. The largest absolute Gasteiger partial charge is 0.379 e. The van der Waals surface area contributed by atoms with Crippen LogP contribution in [0, 0.1) is 0 Å². The van der Waals surface area contributed by atoms with E-state index in [4.69, 9.17) is 5.84 Å². The Morgan fingerprint density at radius 2 is 2.06 bits per heavy atom. The summed E-state index contributed by atoms with van der Waals surface area (Å²) in [5.41, 5.74) is 4.52. The van der Waals surface area contributed by atoms with Crippen molar-refractivity contribution < 1.29 is 0 Å². The van der Waals surface area contributed by atoms with Gasteiger partial charge in [0.15, 0.2) is 0 Å². The molecule has 1 aromatic carbocycles. The van der Waals surface area contributed by atoms with Gasteiger partial charge in [-0.3, -0.25) is 5.01 Å². The summed E-state index contributed by atoms with van der Waals surface area (Å²) in [4.78, 5) is 0. The predicted octanol–water partition coefficient (Wildman–Crippen LogP) is 2.42. The van der Waals surface area contributed by atoms with Crippen LogP contribution in [0.2, 0.25) is 0 Å². The molecule has 3 nitrogen and oxygen atoms in total. The average molecular weight is 255 g/mol. The Morgan fingerprint density at radius 1 is 1.25 bits per heavy atom. The van der Waals surface area contributed by atoms with Gasteiger partial charge in [0.05, 0.1) is 17.1 Å². The molecule has 0 bridgehead atoms. The number of anilines is 2. The lowest BCUT2D eigenvalue weighted by molar-refractivity contribution is 1.02. The second-order valence-electron chi connectivity index (χ2n) is 3.56. The van der Waals surface area contributed by atoms with Crippen LogP contribution in [0.3, 0.4) is 0 Å². The zero-order chi connectivity index (χ0) is 10.3. The van der Waals surface area contributed by atoms with E-state index < -0.39 is 0 Å². The molecule has 16 heavy (non-hydrogen) atoms. The number of hydrazine groups is 1. The molecule has 0 aliphatic carbocycles. The molecule has 3 rings (SSSR count). The highest BCUT2D eigenvalue weighted by Gasteiger charge is 2.21. The van der Waals surface area contributed by atoms with E-state index >= 15 is 0 Å². The summed E-state index contributed by atoms with van der Waals surface area (Å²) in [6.07, 6.45) is 0. The quantitative estimate of drug-likeness (QED) is 0.492. The van der Waals surface area contributed by atoms with Crippen molar-refractivity contribution in [1.29, 1.82) is 0 Å². The molecule has 2 aliphatic heterocycles. The number of halogens is 1. The number of benzene rings is 1. The van der Waals surface area contributed by atoms with Gasteiger partial charge in [-0.05, 0) is 22.9 Å². The number of hydrogen-bond donors (Lipinski definition) is 3. The number of hydrogen-bond acceptors (Lipinski definition) is 3. The van der Waals surface area contributed by atoms with Crippen molar-refractivity contribution in [3.63, 3.8) is 0 Å². The average Bonchev–Trinajstić information content (AvgIpc) is 2.69. The Balaban J connectivity index is 0.000000963. The predicted molar refractivity (Wildman–Crippen MR) is 74.0 cm³/mol. The molecule has 85 valence electrons. The number of para-hydroxylation sites is 2. The van der Waals surface area contributed by atoms with Crippen molar-refractivity contribution in [2.45, 2.75) is 0 Å². The van der Waals surface area contributed by atoms with E-state index in [9.17, 15) is 0 Å². The summed E-state index contributed by atoms with van der Waals surface area (Å²) < 4.78 is 0. The number of thiol groups is 1. The Kier molecular flexibility index (Phi) is 3.14. The molecule has 0 amide bonds. The molecule has 0 atom stereocenters. The zero-order valence-corrected chi connectivity index (χ0v) is 10.3. The van der Waals surface area contributed by atoms with E-state index in [0.29, 0.717) is 0 Å². The molecule has 2 aliphatic rings. The van der Waals surface area contributed by atoms with E-state index in [1.165, 1.54) is 17.3 Å². The fourth-order valence-corrected chi connectivity index (χ4v) is 2.76. The van der Waals surface area contributed by atoms with Crippen LogP contribution in [-0.2, 0) is 0 Å². The Morgan fingerprint density at radius 3 is 2.94 bits per heavy atom. The Labute approximate surface area is 105 Å². The molecule has 1 radical (unpaired) electrons. The maximum Gasteiger partial charge on any atom is 0.0807 e. The van der Waals surface area contributed by atoms with E-state index in [0.717, 1.165) is 23.6 Å². The van der Waals surface area contributed by atoms with E-state index in [-0.39, 0.29) is 12.4 Å². The molecule has 0 aromatic heterocycles. The van der Waals surface area contributed by atoms with Gasteiger partial charge < -0.3 is 5.32 Å².